The first kappa shape index (κ1) is 24.3. The average Bonchev–Trinajstić information content (AvgIpc) is 2.85. The molecule has 35 heavy (non-hydrogen) atoms. The molecule has 0 unspecified atom stereocenters. The summed E-state index contributed by atoms with van der Waals surface area (Å²) in [7, 11) is 0. The third-order valence-corrected chi connectivity index (χ3v) is 5.79. The van der Waals surface area contributed by atoms with Crippen LogP contribution < -0.4 is 16.6 Å². The Balaban J connectivity index is 1.76. The zero-order chi connectivity index (χ0) is 24.9. The van der Waals surface area contributed by atoms with Gasteiger partial charge in [0.1, 0.15) is 5.82 Å². The predicted octanol–water partition coefficient (Wildman–Crippen LogP) is 4.99. The first-order chi connectivity index (χ1) is 16.9. The van der Waals surface area contributed by atoms with Crippen molar-refractivity contribution >= 4 is 45.8 Å². The molecule has 1 aliphatic rings. The molecule has 178 valence electrons. The Morgan fingerprint density at radius 1 is 1.26 bits per heavy atom. The summed E-state index contributed by atoms with van der Waals surface area (Å²) in [6, 6.07) is 9.98. The van der Waals surface area contributed by atoms with Gasteiger partial charge in [-0.3, -0.25) is 15.8 Å². The Kier molecular flexibility index (Phi) is 7.33. The monoisotopic (exact) mass is 489 g/mol. The maximum atomic E-state index is 14.7. The summed E-state index contributed by atoms with van der Waals surface area (Å²) in [5.41, 5.74) is 9.03. The van der Waals surface area contributed by atoms with Gasteiger partial charge in [0.15, 0.2) is 0 Å². The summed E-state index contributed by atoms with van der Waals surface area (Å²) in [6.45, 7) is 6.46. The molecule has 3 heterocycles. The van der Waals surface area contributed by atoms with Crippen LogP contribution in [-0.4, -0.2) is 28.4 Å². The maximum absolute atomic E-state index is 14.7. The number of aromatic nitrogens is 2. The fraction of sp³-hybridized carbons (Fsp3) is 0.154. The molecule has 0 spiro atoms. The lowest BCUT2D eigenvalue weighted by Gasteiger charge is -2.18. The van der Waals surface area contributed by atoms with Gasteiger partial charge in [-0.25, -0.2) is 9.37 Å². The van der Waals surface area contributed by atoms with Crippen LogP contribution in [0.2, 0.25) is 5.02 Å². The van der Waals surface area contributed by atoms with E-state index < -0.39 is 5.82 Å². The molecule has 0 saturated carbocycles. The summed E-state index contributed by atoms with van der Waals surface area (Å²) in [6.07, 6.45) is 6.15. The second-order valence-electron chi connectivity index (χ2n) is 8.00. The van der Waals surface area contributed by atoms with E-state index in [0.29, 0.717) is 69.4 Å². The van der Waals surface area contributed by atoms with E-state index >= 15 is 0 Å². The van der Waals surface area contributed by atoms with Crippen LogP contribution in [0.5, 0.6) is 0 Å². The molecular formula is C26H25ClFN7. The highest BCUT2D eigenvalue weighted by Gasteiger charge is 2.21. The normalized spacial score (nSPS) is 14.2. The van der Waals surface area contributed by atoms with Gasteiger partial charge in [0.2, 0.25) is 0 Å². The maximum Gasteiger partial charge on any atom is 0.132 e. The summed E-state index contributed by atoms with van der Waals surface area (Å²) < 4.78 is 14.7. The molecule has 0 fully saturated rings. The van der Waals surface area contributed by atoms with E-state index in [4.69, 9.17) is 27.8 Å². The number of aliphatic imine (C=N–C) groups is 1. The lowest BCUT2D eigenvalue weighted by atomic mass is 9.95. The smallest absolute Gasteiger partial charge is 0.132 e. The van der Waals surface area contributed by atoms with Crippen LogP contribution in [0, 0.1) is 11.2 Å². The largest absolute Gasteiger partial charge is 0.386 e. The summed E-state index contributed by atoms with van der Waals surface area (Å²) >= 11 is 6.15. The van der Waals surface area contributed by atoms with Crippen LogP contribution in [0.15, 0.2) is 71.6 Å². The quantitative estimate of drug-likeness (QED) is 0.154. The first-order valence-corrected chi connectivity index (χ1v) is 11.4. The second kappa shape index (κ2) is 10.6. The van der Waals surface area contributed by atoms with E-state index in [9.17, 15) is 4.39 Å². The van der Waals surface area contributed by atoms with Crippen LogP contribution in [0.1, 0.15) is 36.6 Å². The number of allylic oxidation sites excluding steroid dienone is 3. The van der Waals surface area contributed by atoms with E-state index in [1.54, 1.807) is 12.3 Å². The third-order valence-electron chi connectivity index (χ3n) is 5.55. The van der Waals surface area contributed by atoms with Crippen molar-refractivity contribution in [1.29, 1.82) is 5.41 Å². The van der Waals surface area contributed by atoms with Crippen LogP contribution in [0.3, 0.4) is 0 Å². The van der Waals surface area contributed by atoms with Crippen molar-refractivity contribution in [2.75, 3.05) is 6.54 Å². The summed E-state index contributed by atoms with van der Waals surface area (Å²) in [4.78, 5) is 13.9. The van der Waals surface area contributed by atoms with Crippen molar-refractivity contribution < 1.29 is 4.39 Å². The second-order valence-corrected chi connectivity index (χ2v) is 8.43. The summed E-state index contributed by atoms with van der Waals surface area (Å²) in [5, 5.41) is 10.8. The number of pyridine rings is 2. The van der Waals surface area contributed by atoms with Gasteiger partial charge in [-0.1, -0.05) is 24.3 Å². The van der Waals surface area contributed by atoms with E-state index in [2.05, 4.69) is 27.3 Å². The fourth-order valence-electron chi connectivity index (χ4n) is 3.81. The van der Waals surface area contributed by atoms with E-state index in [1.165, 1.54) is 18.3 Å². The zero-order valence-electron chi connectivity index (χ0n) is 19.2. The molecule has 2 aromatic heterocycles. The lowest BCUT2D eigenvalue weighted by Crippen LogP contribution is -2.26. The van der Waals surface area contributed by atoms with Crippen LogP contribution in [0.4, 0.5) is 4.39 Å². The van der Waals surface area contributed by atoms with Crippen LogP contribution >= 0.6 is 11.6 Å². The van der Waals surface area contributed by atoms with Crippen molar-refractivity contribution in [3.05, 3.63) is 94.3 Å². The number of rotatable bonds is 8. The van der Waals surface area contributed by atoms with Crippen molar-refractivity contribution in [1.82, 2.24) is 20.7 Å². The lowest BCUT2D eigenvalue weighted by molar-refractivity contribution is 0.625. The molecule has 0 atom stereocenters. The minimum atomic E-state index is -0.423. The number of hydrogen-bond donors (Lipinski definition) is 4. The number of dihydropyridines is 1. The Hall–Kier alpha value is -3.88. The molecule has 9 heteroatoms. The Morgan fingerprint density at radius 2 is 2.09 bits per heavy atom. The predicted molar refractivity (Wildman–Crippen MR) is 141 cm³/mol. The van der Waals surface area contributed by atoms with E-state index in [0.717, 1.165) is 11.3 Å². The molecule has 0 saturated heterocycles. The first-order valence-electron chi connectivity index (χ1n) is 11.0. The van der Waals surface area contributed by atoms with Gasteiger partial charge in [-0.15, -0.1) is 0 Å². The molecule has 3 aromatic rings. The third kappa shape index (κ3) is 5.29. The highest BCUT2D eigenvalue weighted by atomic mass is 35.5. The highest BCUT2D eigenvalue weighted by molar-refractivity contribution is 6.35. The number of benzene rings is 1. The molecular weight excluding hydrogens is 465 g/mol. The van der Waals surface area contributed by atoms with Gasteiger partial charge in [0.05, 0.1) is 28.1 Å². The highest BCUT2D eigenvalue weighted by Crippen LogP contribution is 2.30. The number of halogens is 2. The molecule has 0 amide bonds. The van der Waals surface area contributed by atoms with Gasteiger partial charge < -0.3 is 16.2 Å². The number of hydrogen-bond acceptors (Lipinski definition) is 7. The van der Waals surface area contributed by atoms with Gasteiger partial charge >= 0.3 is 0 Å². The van der Waals surface area contributed by atoms with Crippen LogP contribution in [0.25, 0.3) is 22.3 Å². The Morgan fingerprint density at radius 3 is 2.86 bits per heavy atom. The van der Waals surface area contributed by atoms with E-state index in [-0.39, 0.29) is 0 Å². The zero-order valence-corrected chi connectivity index (χ0v) is 20.0. The SMILES string of the molecule is C=C1CC=C(c2ccc3ncc(/C(NN)=C(\C)NCCC=N)cc3n2)C(c2cc(Cl)ccc2F)=N1. The van der Waals surface area contributed by atoms with Crippen molar-refractivity contribution in [3.8, 4) is 0 Å². The fourth-order valence-corrected chi connectivity index (χ4v) is 3.98. The number of nitrogens with one attached hydrogen (secondary N) is 3. The molecule has 0 bridgehead atoms. The van der Waals surface area contributed by atoms with Gasteiger partial charge in [0.25, 0.3) is 0 Å². The van der Waals surface area contributed by atoms with Crippen molar-refractivity contribution in [2.24, 2.45) is 10.8 Å². The number of hydrazine groups is 1. The van der Waals surface area contributed by atoms with Gasteiger partial charge in [-0.05, 0) is 56.0 Å². The molecule has 5 N–H and O–H groups in total. The minimum absolute atomic E-state index is 0.294. The molecule has 7 nitrogen and oxygen atoms in total. The Labute approximate surface area is 207 Å². The topological polar surface area (TPSA) is 112 Å². The number of fused-ring (bicyclic) bond motifs is 1. The van der Waals surface area contributed by atoms with Gasteiger partial charge in [0, 0.05) is 52.3 Å². The molecule has 0 radical (unpaired) electrons. The van der Waals surface area contributed by atoms with E-state index in [1.807, 2.05) is 31.2 Å². The van der Waals surface area contributed by atoms with Crippen molar-refractivity contribution in [3.63, 3.8) is 0 Å². The molecule has 0 aliphatic carbocycles. The molecule has 1 aliphatic heterocycles. The summed E-state index contributed by atoms with van der Waals surface area (Å²) in [5.74, 6) is 5.38. The standard InChI is InChI=1S/C26H25ClFN7/c1-15-4-6-19(26(33-15)20-13-18(27)5-7-21(20)28)22-8-9-23-24(34-22)12-17(14-32-23)25(35-30)16(2)31-11-3-10-29/h5-10,12-14,29,31,35H,1,3-4,11,30H2,2H3/b25-16-,29-10?. The average molecular weight is 490 g/mol. The molecule has 4 rings (SSSR count). The van der Waals surface area contributed by atoms with Crippen LogP contribution in [-0.2, 0) is 0 Å². The van der Waals surface area contributed by atoms with Crippen molar-refractivity contribution in [2.45, 2.75) is 19.8 Å². The van der Waals surface area contributed by atoms with Gasteiger partial charge in [-0.2, -0.15) is 0 Å². The number of nitrogens with zero attached hydrogens (tertiary/aromatic N) is 3. The number of nitrogens with two attached hydrogens (primary N) is 1. The Bertz CT molecular complexity index is 1410. The minimum Gasteiger partial charge on any atom is -0.386 e. The molecule has 1 aromatic carbocycles.